The first kappa shape index (κ1) is 14.3. The summed E-state index contributed by atoms with van der Waals surface area (Å²) in [6.45, 7) is 7.64. The summed E-state index contributed by atoms with van der Waals surface area (Å²) in [5, 5.41) is 2.90. The first-order valence-electron chi connectivity index (χ1n) is 5.29. The molecule has 0 aromatic carbocycles. The lowest BCUT2D eigenvalue weighted by atomic mass is 10.2. The van der Waals surface area contributed by atoms with Gasteiger partial charge < -0.3 is 11.1 Å². The van der Waals surface area contributed by atoms with Gasteiger partial charge in [0.2, 0.25) is 5.91 Å². The zero-order valence-corrected chi connectivity index (χ0v) is 10.6. The molecule has 0 radical (unpaired) electrons. The van der Waals surface area contributed by atoms with Crippen molar-refractivity contribution in [3.8, 4) is 0 Å². The molecule has 4 nitrogen and oxygen atoms in total. The van der Waals surface area contributed by atoms with Gasteiger partial charge in [0.05, 0.1) is 11.5 Å². The lowest BCUT2D eigenvalue weighted by Crippen LogP contribution is -2.43. The molecule has 0 aromatic heterocycles. The third kappa shape index (κ3) is 7.27. The Bertz CT molecular complexity index is 221. The van der Waals surface area contributed by atoms with Crippen molar-refractivity contribution in [2.45, 2.75) is 33.2 Å². The van der Waals surface area contributed by atoms with Gasteiger partial charge in [0.15, 0.2) is 0 Å². The molecule has 0 heterocycles. The second-order valence-electron chi connectivity index (χ2n) is 3.65. The fraction of sp³-hybridized carbons (Fsp3) is 0.800. The van der Waals surface area contributed by atoms with Crippen LogP contribution < -0.4 is 11.1 Å². The van der Waals surface area contributed by atoms with Crippen LogP contribution in [0.5, 0.6) is 0 Å². The quantitative estimate of drug-likeness (QED) is 0.627. The van der Waals surface area contributed by atoms with E-state index in [0.717, 1.165) is 13.0 Å². The van der Waals surface area contributed by atoms with Gasteiger partial charge in [-0.15, -0.1) is 0 Å². The van der Waals surface area contributed by atoms with E-state index in [1.165, 1.54) is 0 Å². The fourth-order valence-corrected chi connectivity index (χ4v) is 1.31. The highest BCUT2D eigenvalue weighted by Gasteiger charge is 2.11. The highest BCUT2D eigenvalue weighted by atomic mass is 32.1. The molecular formula is C10H21N3OS. The highest BCUT2D eigenvalue weighted by Crippen LogP contribution is 1.91. The van der Waals surface area contributed by atoms with Crippen molar-refractivity contribution in [1.82, 2.24) is 10.2 Å². The molecule has 1 atom stereocenters. The Labute approximate surface area is 97.2 Å². The van der Waals surface area contributed by atoms with Crippen molar-refractivity contribution < 1.29 is 4.79 Å². The number of amides is 1. The molecule has 0 saturated heterocycles. The first-order chi connectivity index (χ1) is 6.99. The number of nitrogens with one attached hydrogen (secondary N) is 1. The summed E-state index contributed by atoms with van der Waals surface area (Å²) in [5.74, 6) is 0.0300. The molecule has 0 aliphatic rings. The second kappa shape index (κ2) is 7.59. The number of hydrogen-bond acceptors (Lipinski definition) is 3. The molecule has 1 unspecified atom stereocenters. The van der Waals surface area contributed by atoms with Crippen LogP contribution in [-0.2, 0) is 4.79 Å². The molecule has 0 aliphatic carbocycles. The van der Waals surface area contributed by atoms with E-state index in [2.05, 4.69) is 5.32 Å². The van der Waals surface area contributed by atoms with Crippen LogP contribution in [0.3, 0.4) is 0 Å². The van der Waals surface area contributed by atoms with Crippen molar-refractivity contribution in [1.29, 1.82) is 0 Å². The average Bonchev–Trinajstić information content (AvgIpc) is 2.15. The number of carbonyl (C=O) groups excluding carboxylic acids is 1. The minimum Gasteiger partial charge on any atom is -0.392 e. The van der Waals surface area contributed by atoms with Gasteiger partial charge in [-0.3, -0.25) is 9.69 Å². The average molecular weight is 231 g/mol. The minimum absolute atomic E-state index is 0.0300. The Balaban J connectivity index is 3.95. The van der Waals surface area contributed by atoms with Crippen molar-refractivity contribution >= 4 is 23.1 Å². The third-order valence-electron chi connectivity index (χ3n) is 2.21. The lowest BCUT2D eigenvalue weighted by molar-refractivity contribution is -0.122. The fourth-order valence-electron chi connectivity index (χ4n) is 1.13. The van der Waals surface area contributed by atoms with Gasteiger partial charge in [0, 0.05) is 12.6 Å². The van der Waals surface area contributed by atoms with Crippen LogP contribution in [0.1, 0.15) is 27.2 Å². The van der Waals surface area contributed by atoms with Gasteiger partial charge in [0.25, 0.3) is 0 Å². The molecule has 88 valence electrons. The third-order valence-corrected chi connectivity index (χ3v) is 2.34. The maximum atomic E-state index is 11.5. The first-order valence-corrected chi connectivity index (χ1v) is 5.70. The highest BCUT2D eigenvalue weighted by molar-refractivity contribution is 7.80. The maximum Gasteiger partial charge on any atom is 0.234 e. The van der Waals surface area contributed by atoms with E-state index in [-0.39, 0.29) is 11.9 Å². The van der Waals surface area contributed by atoms with Gasteiger partial charge in [-0.2, -0.15) is 0 Å². The van der Waals surface area contributed by atoms with E-state index in [0.29, 0.717) is 18.1 Å². The van der Waals surface area contributed by atoms with Crippen molar-refractivity contribution in [3.63, 3.8) is 0 Å². The Hall–Kier alpha value is -0.680. The predicted octanol–water partition coefficient (Wildman–Crippen LogP) is 0.509. The normalized spacial score (nSPS) is 12.5. The van der Waals surface area contributed by atoms with Crippen LogP contribution in [0.2, 0.25) is 0 Å². The number of nitrogens with zero attached hydrogens (tertiary/aromatic N) is 1. The molecule has 3 N–H and O–H groups in total. The largest absolute Gasteiger partial charge is 0.392 e. The molecule has 0 rings (SSSR count). The minimum atomic E-state index is 0.0300. The van der Waals surface area contributed by atoms with Crippen LogP contribution in [0.4, 0.5) is 0 Å². The van der Waals surface area contributed by atoms with E-state index in [1.807, 2.05) is 25.7 Å². The monoisotopic (exact) mass is 231 g/mol. The number of likely N-dealkylation sites (N-methyl/N-ethyl adjacent to an activating group) is 1. The smallest absolute Gasteiger partial charge is 0.234 e. The SMILES string of the molecule is CCC(C)NC(=O)CN(CC)CC(N)=S. The summed E-state index contributed by atoms with van der Waals surface area (Å²) in [6.07, 6.45) is 0.938. The summed E-state index contributed by atoms with van der Waals surface area (Å²) in [6, 6.07) is 0.223. The van der Waals surface area contributed by atoms with Gasteiger partial charge in [-0.05, 0) is 19.9 Å². The van der Waals surface area contributed by atoms with Crippen LogP contribution in [0, 0.1) is 0 Å². The number of rotatable bonds is 7. The van der Waals surface area contributed by atoms with Crippen molar-refractivity contribution in [2.24, 2.45) is 5.73 Å². The van der Waals surface area contributed by atoms with Crippen LogP contribution in [0.15, 0.2) is 0 Å². The molecule has 15 heavy (non-hydrogen) atoms. The van der Waals surface area contributed by atoms with E-state index < -0.39 is 0 Å². The molecule has 1 amide bonds. The summed E-state index contributed by atoms with van der Waals surface area (Å²) >= 11 is 4.81. The number of nitrogens with two attached hydrogens (primary N) is 1. The number of carbonyl (C=O) groups is 1. The second-order valence-corrected chi connectivity index (χ2v) is 4.17. The molecule has 0 aliphatic heterocycles. The Kier molecular flexibility index (Phi) is 7.25. The molecule has 0 spiro atoms. The van der Waals surface area contributed by atoms with E-state index >= 15 is 0 Å². The number of hydrogen-bond donors (Lipinski definition) is 2. The lowest BCUT2D eigenvalue weighted by Gasteiger charge is -2.20. The molecular weight excluding hydrogens is 210 g/mol. The van der Waals surface area contributed by atoms with Crippen molar-refractivity contribution in [2.75, 3.05) is 19.6 Å². The zero-order chi connectivity index (χ0) is 11.8. The molecule has 5 heteroatoms. The Morgan fingerprint density at radius 2 is 2.07 bits per heavy atom. The van der Waals surface area contributed by atoms with Crippen LogP contribution >= 0.6 is 12.2 Å². The van der Waals surface area contributed by atoms with Gasteiger partial charge in [-0.1, -0.05) is 26.1 Å². The zero-order valence-electron chi connectivity index (χ0n) is 9.75. The predicted molar refractivity (Wildman–Crippen MR) is 66.8 cm³/mol. The topological polar surface area (TPSA) is 58.4 Å². The van der Waals surface area contributed by atoms with Gasteiger partial charge >= 0.3 is 0 Å². The summed E-state index contributed by atoms with van der Waals surface area (Å²) in [7, 11) is 0. The van der Waals surface area contributed by atoms with E-state index in [1.54, 1.807) is 0 Å². The summed E-state index contributed by atoms with van der Waals surface area (Å²) in [5.41, 5.74) is 5.43. The van der Waals surface area contributed by atoms with Crippen molar-refractivity contribution in [3.05, 3.63) is 0 Å². The standard InChI is InChI=1S/C10H21N3OS/c1-4-8(3)12-10(14)7-13(5-2)6-9(11)15/h8H,4-7H2,1-3H3,(H2,11,15)(H,12,14). The van der Waals surface area contributed by atoms with E-state index in [9.17, 15) is 4.79 Å². The Morgan fingerprint density at radius 1 is 1.47 bits per heavy atom. The number of thiocarbonyl (C=S) groups is 1. The maximum absolute atomic E-state index is 11.5. The Morgan fingerprint density at radius 3 is 2.47 bits per heavy atom. The molecule has 0 fully saturated rings. The van der Waals surface area contributed by atoms with Crippen LogP contribution in [-0.4, -0.2) is 41.5 Å². The molecule has 0 aromatic rings. The molecule has 0 bridgehead atoms. The van der Waals surface area contributed by atoms with Crippen LogP contribution in [0.25, 0.3) is 0 Å². The summed E-state index contributed by atoms with van der Waals surface area (Å²) in [4.78, 5) is 13.9. The molecule has 0 saturated carbocycles. The van der Waals surface area contributed by atoms with E-state index in [4.69, 9.17) is 18.0 Å². The summed E-state index contributed by atoms with van der Waals surface area (Å²) < 4.78 is 0. The van der Waals surface area contributed by atoms with Gasteiger partial charge in [0.1, 0.15) is 0 Å². The van der Waals surface area contributed by atoms with Gasteiger partial charge in [-0.25, -0.2) is 0 Å².